The number of carbonyl (C=O) groups is 3. The van der Waals surface area contributed by atoms with Crippen LogP contribution in [0.25, 0.3) is 0 Å². The summed E-state index contributed by atoms with van der Waals surface area (Å²) in [6.45, 7) is 5.25. The molecule has 2 aromatic carbocycles. The van der Waals surface area contributed by atoms with Crippen molar-refractivity contribution in [1.29, 1.82) is 0 Å². The summed E-state index contributed by atoms with van der Waals surface area (Å²) in [5.74, 6) is -3.25. The lowest BCUT2D eigenvalue weighted by atomic mass is 9.80. The van der Waals surface area contributed by atoms with Gasteiger partial charge in [-0.2, -0.15) is 0 Å². The molecule has 2 aromatic rings. The highest BCUT2D eigenvalue weighted by molar-refractivity contribution is 6.09. The van der Waals surface area contributed by atoms with Crippen molar-refractivity contribution < 1.29 is 28.6 Å². The summed E-state index contributed by atoms with van der Waals surface area (Å²) in [5, 5.41) is 0. The first-order chi connectivity index (χ1) is 16.5. The highest BCUT2D eigenvalue weighted by atomic mass is 16.5. The lowest BCUT2D eigenvalue weighted by Crippen LogP contribution is -2.43. The second kappa shape index (κ2) is 11.2. The molecule has 34 heavy (non-hydrogen) atoms. The van der Waals surface area contributed by atoms with Crippen molar-refractivity contribution in [1.82, 2.24) is 0 Å². The maximum atomic E-state index is 13.4. The SMILES string of the molecule is CCOC(=O)C1=C(N)N(c2ccccc2)C(C(=O)OCC)=C(C(=O)OCC)C1c1ccccc1. The average Bonchev–Trinajstić information content (AvgIpc) is 2.84. The quantitative estimate of drug-likeness (QED) is 0.468. The Morgan fingerprint density at radius 3 is 1.74 bits per heavy atom. The number of nitrogens with zero attached hydrogens (tertiary/aromatic N) is 1. The first-order valence-electron chi connectivity index (χ1n) is 11.1. The number of nitrogens with two attached hydrogens (primary N) is 1. The fraction of sp³-hybridized carbons (Fsp3) is 0.269. The molecule has 0 saturated heterocycles. The predicted octanol–water partition coefficient (Wildman–Crippen LogP) is 3.40. The lowest BCUT2D eigenvalue weighted by molar-refractivity contribution is -0.142. The van der Waals surface area contributed by atoms with E-state index in [4.69, 9.17) is 19.9 Å². The Labute approximate surface area is 198 Å². The second-order valence-electron chi connectivity index (χ2n) is 7.24. The molecule has 0 saturated carbocycles. The molecule has 1 aliphatic heterocycles. The molecule has 2 N–H and O–H groups in total. The van der Waals surface area contributed by atoms with E-state index in [0.29, 0.717) is 11.3 Å². The van der Waals surface area contributed by atoms with Gasteiger partial charge in [-0.25, -0.2) is 14.4 Å². The molecule has 8 nitrogen and oxygen atoms in total. The van der Waals surface area contributed by atoms with Gasteiger partial charge in [0.1, 0.15) is 11.5 Å². The molecule has 0 radical (unpaired) electrons. The van der Waals surface area contributed by atoms with E-state index in [9.17, 15) is 14.4 Å². The molecule has 1 aliphatic rings. The van der Waals surface area contributed by atoms with E-state index in [1.807, 2.05) is 0 Å². The molecule has 1 unspecified atom stereocenters. The van der Waals surface area contributed by atoms with Crippen LogP contribution >= 0.6 is 0 Å². The number of esters is 3. The summed E-state index contributed by atoms with van der Waals surface area (Å²) in [7, 11) is 0. The maximum Gasteiger partial charge on any atom is 0.355 e. The summed E-state index contributed by atoms with van der Waals surface area (Å²) in [6.07, 6.45) is 0. The largest absolute Gasteiger partial charge is 0.463 e. The topological polar surface area (TPSA) is 108 Å². The van der Waals surface area contributed by atoms with E-state index in [0.717, 1.165) is 0 Å². The number of hydrogen-bond acceptors (Lipinski definition) is 8. The van der Waals surface area contributed by atoms with Crippen molar-refractivity contribution in [2.45, 2.75) is 26.7 Å². The molecule has 3 rings (SSSR count). The minimum atomic E-state index is -1.00. The summed E-state index contributed by atoms with van der Waals surface area (Å²) < 4.78 is 16.0. The lowest BCUT2D eigenvalue weighted by Gasteiger charge is -2.37. The van der Waals surface area contributed by atoms with Crippen LogP contribution in [0.5, 0.6) is 0 Å². The van der Waals surface area contributed by atoms with Crippen LogP contribution in [0.2, 0.25) is 0 Å². The Kier molecular flexibility index (Phi) is 8.08. The molecule has 0 aromatic heterocycles. The van der Waals surface area contributed by atoms with Crippen LogP contribution in [0.1, 0.15) is 32.3 Å². The van der Waals surface area contributed by atoms with E-state index in [2.05, 4.69) is 0 Å². The molecule has 178 valence electrons. The Morgan fingerprint density at radius 1 is 0.735 bits per heavy atom. The van der Waals surface area contributed by atoms with Gasteiger partial charge < -0.3 is 19.9 Å². The molecule has 0 spiro atoms. The van der Waals surface area contributed by atoms with E-state index in [1.165, 1.54) is 4.90 Å². The van der Waals surface area contributed by atoms with Crippen molar-refractivity contribution in [3.05, 3.63) is 88.9 Å². The minimum Gasteiger partial charge on any atom is -0.463 e. The monoisotopic (exact) mass is 464 g/mol. The summed E-state index contributed by atoms with van der Waals surface area (Å²) in [4.78, 5) is 41.3. The zero-order valence-electron chi connectivity index (χ0n) is 19.4. The Bertz CT molecular complexity index is 1110. The van der Waals surface area contributed by atoms with Gasteiger partial charge in [0.25, 0.3) is 0 Å². The van der Waals surface area contributed by atoms with E-state index in [1.54, 1.807) is 81.4 Å². The standard InChI is InChI=1S/C26H28N2O6/c1-4-32-24(29)20-19(17-13-9-7-10-14-17)21(25(30)33-5-2)23(27)28(18-15-11-8-12-16-18)22(20)26(31)34-6-3/h7-16,19H,4-6,27H2,1-3H3. The van der Waals surface area contributed by atoms with Crippen LogP contribution in [0, 0.1) is 0 Å². The molecule has 1 atom stereocenters. The fourth-order valence-electron chi connectivity index (χ4n) is 3.87. The van der Waals surface area contributed by atoms with Gasteiger partial charge in [0.2, 0.25) is 0 Å². The Balaban J connectivity index is 2.42. The van der Waals surface area contributed by atoms with Gasteiger partial charge in [-0.1, -0.05) is 48.5 Å². The van der Waals surface area contributed by atoms with Crippen molar-refractivity contribution >= 4 is 23.6 Å². The minimum absolute atomic E-state index is 0.0328. The van der Waals surface area contributed by atoms with Gasteiger partial charge in [-0.3, -0.25) is 4.90 Å². The summed E-state index contributed by atoms with van der Waals surface area (Å²) >= 11 is 0. The number of anilines is 1. The van der Waals surface area contributed by atoms with E-state index < -0.39 is 23.8 Å². The summed E-state index contributed by atoms with van der Waals surface area (Å²) in [6, 6.07) is 17.6. The third-order valence-corrected chi connectivity index (χ3v) is 5.18. The third kappa shape index (κ3) is 4.80. The van der Waals surface area contributed by atoms with Crippen LogP contribution in [-0.2, 0) is 28.6 Å². The normalized spacial score (nSPS) is 15.7. The van der Waals surface area contributed by atoms with Gasteiger partial charge in [0.05, 0.1) is 36.9 Å². The smallest absolute Gasteiger partial charge is 0.355 e. The van der Waals surface area contributed by atoms with Crippen LogP contribution in [0.4, 0.5) is 5.69 Å². The Morgan fingerprint density at radius 2 is 1.21 bits per heavy atom. The molecule has 0 amide bonds. The van der Waals surface area contributed by atoms with Gasteiger partial charge in [0, 0.05) is 5.69 Å². The number of rotatable bonds is 8. The molecule has 0 aliphatic carbocycles. The van der Waals surface area contributed by atoms with Crippen molar-refractivity contribution in [2.75, 3.05) is 24.7 Å². The number of benzene rings is 2. The average molecular weight is 465 g/mol. The van der Waals surface area contributed by atoms with Crippen LogP contribution in [-0.4, -0.2) is 37.7 Å². The zero-order valence-corrected chi connectivity index (χ0v) is 19.4. The van der Waals surface area contributed by atoms with Crippen molar-refractivity contribution in [3.63, 3.8) is 0 Å². The van der Waals surface area contributed by atoms with Crippen LogP contribution in [0.15, 0.2) is 83.3 Å². The van der Waals surface area contributed by atoms with Gasteiger partial charge in [0.15, 0.2) is 0 Å². The highest BCUT2D eigenvalue weighted by Crippen LogP contribution is 2.43. The van der Waals surface area contributed by atoms with E-state index >= 15 is 0 Å². The first-order valence-corrected chi connectivity index (χ1v) is 11.1. The number of hydrogen-bond donors (Lipinski definition) is 1. The van der Waals surface area contributed by atoms with Gasteiger partial charge >= 0.3 is 17.9 Å². The summed E-state index contributed by atoms with van der Waals surface area (Å²) in [5.41, 5.74) is 7.51. The van der Waals surface area contributed by atoms with Gasteiger partial charge in [-0.15, -0.1) is 0 Å². The van der Waals surface area contributed by atoms with Gasteiger partial charge in [-0.05, 0) is 38.5 Å². The molecule has 1 heterocycles. The molecule has 8 heteroatoms. The fourth-order valence-corrected chi connectivity index (χ4v) is 3.87. The van der Waals surface area contributed by atoms with E-state index in [-0.39, 0.29) is 42.5 Å². The molecule has 0 fully saturated rings. The highest BCUT2D eigenvalue weighted by Gasteiger charge is 2.45. The third-order valence-electron chi connectivity index (χ3n) is 5.18. The van der Waals surface area contributed by atoms with Crippen LogP contribution in [0.3, 0.4) is 0 Å². The maximum absolute atomic E-state index is 13.4. The Hall–Kier alpha value is -4.07. The second-order valence-corrected chi connectivity index (χ2v) is 7.24. The number of para-hydroxylation sites is 1. The van der Waals surface area contributed by atoms with Crippen LogP contribution < -0.4 is 10.6 Å². The zero-order chi connectivity index (χ0) is 24.7. The molecular formula is C26H28N2O6. The number of ether oxygens (including phenoxy) is 3. The first kappa shape index (κ1) is 24.6. The molecular weight excluding hydrogens is 436 g/mol. The molecule has 0 bridgehead atoms. The predicted molar refractivity (Wildman–Crippen MR) is 126 cm³/mol. The van der Waals surface area contributed by atoms with Crippen molar-refractivity contribution in [2.24, 2.45) is 5.73 Å². The van der Waals surface area contributed by atoms with Crippen molar-refractivity contribution in [3.8, 4) is 0 Å². The number of carbonyl (C=O) groups excluding carboxylic acids is 3.